The molecule has 0 saturated heterocycles. The first-order valence-corrected chi connectivity index (χ1v) is 5.87. The minimum absolute atomic E-state index is 0.634. The molecular formula is C11H13BrN4. The predicted molar refractivity (Wildman–Crippen MR) is 66.0 cm³/mol. The molecule has 0 saturated carbocycles. The highest BCUT2D eigenvalue weighted by atomic mass is 79.9. The van der Waals surface area contributed by atoms with E-state index in [0.717, 1.165) is 28.7 Å². The fourth-order valence-corrected chi connectivity index (χ4v) is 1.94. The Morgan fingerprint density at radius 3 is 3.00 bits per heavy atom. The Balaban J connectivity index is 2.08. The molecule has 2 heterocycles. The van der Waals surface area contributed by atoms with Gasteiger partial charge < -0.3 is 10.3 Å². The van der Waals surface area contributed by atoms with E-state index >= 15 is 0 Å². The molecule has 2 aromatic rings. The van der Waals surface area contributed by atoms with E-state index in [0.29, 0.717) is 6.54 Å². The largest absolute Gasteiger partial charge is 0.333 e. The van der Waals surface area contributed by atoms with Crippen LogP contribution in [0, 0.1) is 0 Å². The first kappa shape index (κ1) is 11.3. The number of rotatable bonds is 4. The summed E-state index contributed by atoms with van der Waals surface area (Å²) in [5.74, 6) is 0. The Morgan fingerprint density at radius 2 is 2.25 bits per heavy atom. The fourth-order valence-electron chi connectivity index (χ4n) is 1.52. The Bertz CT molecular complexity index is 467. The van der Waals surface area contributed by atoms with Crippen molar-refractivity contribution in [1.29, 1.82) is 0 Å². The molecule has 0 aliphatic carbocycles. The summed E-state index contributed by atoms with van der Waals surface area (Å²) in [5.41, 5.74) is 7.65. The van der Waals surface area contributed by atoms with E-state index in [1.165, 1.54) is 0 Å². The van der Waals surface area contributed by atoms with Crippen molar-refractivity contribution in [2.45, 2.75) is 13.0 Å². The molecule has 0 spiro atoms. The van der Waals surface area contributed by atoms with Crippen molar-refractivity contribution in [3.05, 3.63) is 46.7 Å². The van der Waals surface area contributed by atoms with Crippen molar-refractivity contribution >= 4 is 15.9 Å². The van der Waals surface area contributed by atoms with Crippen molar-refractivity contribution in [2.24, 2.45) is 5.73 Å². The zero-order valence-electron chi connectivity index (χ0n) is 8.81. The summed E-state index contributed by atoms with van der Waals surface area (Å²) in [6.07, 6.45) is 8.30. The van der Waals surface area contributed by atoms with Crippen LogP contribution >= 0.6 is 15.9 Å². The smallest absolute Gasteiger partial charge is 0.0952 e. The van der Waals surface area contributed by atoms with Gasteiger partial charge >= 0.3 is 0 Å². The third kappa shape index (κ3) is 2.90. The molecule has 2 N–H and O–H groups in total. The summed E-state index contributed by atoms with van der Waals surface area (Å²) >= 11 is 3.40. The summed E-state index contributed by atoms with van der Waals surface area (Å²) in [4.78, 5) is 8.40. The summed E-state index contributed by atoms with van der Waals surface area (Å²) < 4.78 is 3.03. The zero-order chi connectivity index (χ0) is 11.4. The van der Waals surface area contributed by atoms with E-state index in [4.69, 9.17) is 5.73 Å². The molecule has 2 rings (SSSR count). The molecule has 0 unspecified atom stereocenters. The highest BCUT2D eigenvalue weighted by Gasteiger charge is 2.00. The van der Waals surface area contributed by atoms with Gasteiger partial charge in [0.05, 0.1) is 18.6 Å². The van der Waals surface area contributed by atoms with Crippen LogP contribution < -0.4 is 5.73 Å². The van der Waals surface area contributed by atoms with Crippen LogP contribution in [-0.2, 0) is 13.0 Å². The van der Waals surface area contributed by atoms with E-state index in [-0.39, 0.29) is 0 Å². The van der Waals surface area contributed by atoms with Gasteiger partial charge in [-0.25, -0.2) is 4.98 Å². The Kier molecular flexibility index (Phi) is 3.69. The van der Waals surface area contributed by atoms with Crippen LogP contribution in [0.1, 0.15) is 11.3 Å². The van der Waals surface area contributed by atoms with E-state index in [2.05, 4.69) is 32.0 Å². The lowest BCUT2D eigenvalue weighted by Gasteiger charge is -2.01. The van der Waals surface area contributed by atoms with Crippen molar-refractivity contribution in [3.8, 4) is 0 Å². The quantitative estimate of drug-likeness (QED) is 0.926. The van der Waals surface area contributed by atoms with Gasteiger partial charge in [0, 0.05) is 29.5 Å². The number of aromatic nitrogens is 3. The van der Waals surface area contributed by atoms with E-state index in [1.54, 1.807) is 6.20 Å². The van der Waals surface area contributed by atoms with E-state index in [9.17, 15) is 0 Å². The molecule has 84 valence electrons. The lowest BCUT2D eigenvalue weighted by molar-refractivity contribution is 0.791. The second-order valence-corrected chi connectivity index (χ2v) is 4.50. The monoisotopic (exact) mass is 280 g/mol. The number of hydrogen-bond acceptors (Lipinski definition) is 3. The normalized spacial score (nSPS) is 10.6. The number of hydrogen-bond donors (Lipinski definition) is 1. The first-order valence-electron chi connectivity index (χ1n) is 5.08. The van der Waals surface area contributed by atoms with Crippen LogP contribution in [0.2, 0.25) is 0 Å². The summed E-state index contributed by atoms with van der Waals surface area (Å²) in [7, 11) is 0. The summed E-state index contributed by atoms with van der Waals surface area (Å²) in [6.45, 7) is 1.42. The molecule has 0 aliphatic heterocycles. The molecule has 0 aromatic carbocycles. The van der Waals surface area contributed by atoms with Crippen LogP contribution in [-0.4, -0.2) is 21.1 Å². The van der Waals surface area contributed by atoms with Gasteiger partial charge in [-0.05, 0) is 34.1 Å². The van der Waals surface area contributed by atoms with Crippen LogP contribution in [0.4, 0.5) is 0 Å². The van der Waals surface area contributed by atoms with Gasteiger partial charge in [-0.15, -0.1) is 0 Å². The second kappa shape index (κ2) is 5.23. The van der Waals surface area contributed by atoms with Crippen molar-refractivity contribution in [2.75, 3.05) is 6.54 Å². The number of halogens is 1. The van der Waals surface area contributed by atoms with Crippen LogP contribution in [0.25, 0.3) is 0 Å². The number of imidazole rings is 1. The molecule has 2 aromatic heterocycles. The van der Waals surface area contributed by atoms with Gasteiger partial charge in [-0.1, -0.05) is 0 Å². The molecule has 16 heavy (non-hydrogen) atoms. The Labute approximate surface area is 103 Å². The molecule has 0 amide bonds. The maximum atomic E-state index is 5.48. The van der Waals surface area contributed by atoms with Gasteiger partial charge in [-0.3, -0.25) is 4.98 Å². The molecule has 0 atom stereocenters. The van der Waals surface area contributed by atoms with Gasteiger partial charge in [0.1, 0.15) is 0 Å². The highest BCUT2D eigenvalue weighted by molar-refractivity contribution is 9.10. The van der Waals surface area contributed by atoms with Gasteiger partial charge in [0.15, 0.2) is 0 Å². The highest BCUT2D eigenvalue weighted by Crippen LogP contribution is 2.11. The third-order valence-electron chi connectivity index (χ3n) is 2.21. The van der Waals surface area contributed by atoms with Gasteiger partial charge in [-0.2, -0.15) is 0 Å². The van der Waals surface area contributed by atoms with Gasteiger partial charge in [0.2, 0.25) is 0 Å². The third-order valence-corrected chi connectivity index (χ3v) is 2.65. The first-order chi connectivity index (χ1) is 7.78. The average molecular weight is 281 g/mol. The van der Waals surface area contributed by atoms with E-state index < -0.39 is 0 Å². The Hall–Kier alpha value is -1.20. The topological polar surface area (TPSA) is 56.7 Å². The van der Waals surface area contributed by atoms with Crippen molar-refractivity contribution < 1.29 is 0 Å². The minimum atomic E-state index is 0.634. The lowest BCUT2D eigenvalue weighted by Crippen LogP contribution is -2.02. The number of pyridine rings is 1. The average Bonchev–Trinajstić information content (AvgIpc) is 2.66. The molecule has 0 bridgehead atoms. The predicted octanol–water partition coefficient (Wildman–Crippen LogP) is 1.59. The zero-order valence-corrected chi connectivity index (χ0v) is 10.4. The second-order valence-electron chi connectivity index (χ2n) is 3.59. The van der Waals surface area contributed by atoms with Crippen LogP contribution in [0.15, 0.2) is 35.5 Å². The fraction of sp³-hybridized carbons (Fsp3) is 0.273. The van der Waals surface area contributed by atoms with Crippen LogP contribution in [0.5, 0.6) is 0 Å². The number of nitrogens with two attached hydrogens (primary N) is 1. The lowest BCUT2D eigenvalue weighted by atomic mass is 10.3. The molecular weight excluding hydrogens is 268 g/mol. The summed E-state index contributed by atoms with van der Waals surface area (Å²) in [6, 6.07) is 2.05. The van der Waals surface area contributed by atoms with Crippen LogP contribution in [0.3, 0.4) is 0 Å². The molecule has 4 nitrogen and oxygen atoms in total. The SMILES string of the molecule is NCCc1cn(Cc2cncc(Br)c2)cn1. The molecule has 0 aliphatic rings. The standard InChI is InChI=1S/C11H13BrN4/c12-10-3-9(4-14-5-10)6-16-7-11(1-2-13)15-8-16/h3-5,7-8H,1-2,6,13H2. The summed E-state index contributed by atoms with van der Waals surface area (Å²) in [5, 5.41) is 0. The maximum Gasteiger partial charge on any atom is 0.0952 e. The molecule has 0 radical (unpaired) electrons. The van der Waals surface area contributed by atoms with Crippen molar-refractivity contribution in [3.63, 3.8) is 0 Å². The van der Waals surface area contributed by atoms with Crippen molar-refractivity contribution in [1.82, 2.24) is 14.5 Å². The molecule has 0 fully saturated rings. The maximum absolute atomic E-state index is 5.48. The van der Waals surface area contributed by atoms with Gasteiger partial charge in [0.25, 0.3) is 0 Å². The minimum Gasteiger partial charge on any atom is -0.333 e. The number of nitrogens with zero attached hydrogens (tertiary/aromatic N) is 3. The van der Waals surface area contributed by atoms with E-state index in [1.807, 2.05) is 23.3 Å². The molecule has 5 heteroatoms. The Morgan fingerprint density at radius 1 is 1.38 bits per heavy atom.